The van der Waals surface area contributed by atoms with E-state index in [-0.39, 0.29) is 17.0 Å². The normalized spacial score (nSPS) is 16.4. The van der Waals surface area contributed by atoms with Crippen molar-refractivity contribution in [1.82, 2.24) is 0 Å². The number of hydrogen-bond acceptors (Lipinski definition) is 1. The second-order valence-corrected chi connectivity index (χ2v) is 6.94. The Morgan fingerprint density at radius 2 is 1.83 bits per heavy atom. The van der Waals surface area contributed by atoms with E-state index < -0.39 is 0 Å². The number of hydrogen-bond donors (Lipinski definition) is 1. The molecule has 3 rings (SSSR count). The summed E-state index contributed by atoms with van der Waals surface area (Å²) in [7, 11) is 0. The molecular weight excluding hydrogens is 287 g/mol. The Hall–Kier alpha value is -2.09. The summed E-state index contributed by atoms with van der Waals surface area (Å²) in [6.07, 6.45) is 5.39. The molecule has 2 aromatic carbocycles. The molecule has 0 saturated heterocycles. The number of rotatable bonds is 3. The van der Waals surface area contributed by atoms with E-state index in [4.69, 9.17) is 0 Å². The van der Waals surface area contributed by atoms with Gasteiger partial charge in [0.05, 0.1) is 0 Å². The topological polar surface area (TPSA) is 20.2 Å². The summed E-state index contributed by atoms with van der Waals surface area (Å²) in [5, 5.41) is 9.78. The van der Waals surface area contributed by atoms with E-state index in [0.717, 1.165) is 30.4 Å². The van der Waals surface area contributed by atoms with E-state index in [1.54, 1.807) is 0 Å². The van der Waals surface area contributed by atoms with Crippen LogP contribution in [0.4, 0.5) is 4.39 Å². The second kappa shape index (κ2) is 5.84. The lowest BCUT2D eigenvalue weighted by atomic mass is 9.79. The molecule has 2 heteroatoms. The molecule has 1 aliphatic carbocycles. The van der Waals surface area contributed by atoms with Crippen LogP contribution >= 0.6 is 0 Å². The average Bonchev–Trinajstić information content (AvgIpc) is 2.88. The van der Waals surface area contributed by atoms with E-state index in [9.17, 15) is 9.50 Å². The smallest absolute Gasteiger partial charge is 0.131 e. The summed E-state index contributed by atoms with van der Waals surface area (Å²) >= 11 is 0. The van der Waals surface area contributed by atoms with Gasteiger partial charge in [-0.25, -0.2) is 4.39 Å². The highest BCUT2D eigenvalue weighted by molar-refractivity contribution is 5.85. The van der Waals surface area contributed by atoms with Crippen LogP contribution in [0.15, 0.2) is 42.5 Å². The molecule has 1 nitrogen and oxygen atoms in total. The Morgan fingerprint density at radius 1 is 1.04 bits per heavy atom. The molecule has 0 aliphatic heterocycles. The number of phenols is 1. The summed E-state index contributed by atoms with van der Waals surface area (Å²) in [6.45, 7) is 6.61. The van der Waals surface area contributed by atoms with Gasteiger partial charge in [0.15, 0.2) is 0 Å². The molecule has 0 saturated carbocycles. The SMILES string of the molecule is CCc1ccc(-c2cc(O)ccc2F)c(C2=CCCC2(C)C)c1. The van der Waals surface area contributed by atoms with E-state index in [1.165, 1.54) is 29.3 Å². The van der Waals surface area contributed by atoms with Gasteiger partial charge < -0.3 is 5.11 Å². The van der Waals surface area contributed by atoms with Crippen molar-refractivity contribution in [1.29, 1.82) is 0 Å². The standard InChI is InChI=1S/C21H23FO/c1-4-14-7-9-16(18-13-15(23)8-10-20(18)22)17(12-14)19-6-5-11-21(19,2)3/h6-10,12-13,23H,4-5,11H2,1-3H3. The van der Waals surface area contributed by atoms with E-state index in [0.29, 0.717) is 5.56 Å². The van der Waals surface area contributed by atoms with Gasteiger partial charge in [0.25, 0.3) is 0 Å². The summed E-state index contributed by atoms with van der Waals surface area (Å²) in [5.74, 6) is -0.212. The molecule has 0 unspecified atom stereocenters. The number of benzene rings is 2. The van der Waals surface area contributed by atoms with Crippen molar-refractivity contribution in [2.24, 2.45) is 5.41 Å². The lowest BCUT2D eigenvalue weighted by Crippen LogP contribution is -2.10. The van der Waals surface area contributed by atoms with Gasteiger partial charge in [-0.05, 0) is 65.1 Å². The molecule has 0 fully saturated rings. The third kappa shape index (κ3) is 2.90. The Bertz CT molecular complexity index is 771. The van der Waals surface area contributed by atoms with Crippen LogP contribution in [0.3, 0.4) is 0 Å². The maximum atomic E-state index is 14.4. The lowest BCUT2D eigenvalue weighted by molar-refractivity contribution is 0.473. The monoisotopic (exact) mass is 310 g/mol. The number of aryl methyl sites for hydroxylation is 1. The molecule has 0 radical (unpaired) electrons. The highest BCUT2D eigenvalue weighted by Crippen LogP contribution is 2.47. The van der Waals surface area contributed by atoms with Crippen LogP contribution in [0.2, 0.25) is 0 Å². The van der Waals surface area contributed by atoms with Gasteiger partial charge in [0.2, 0.25) is 0 Å². The zero-order valence-corrected chi connectivity index (χ0v) is 14.0. The van der Waals surface area contributed by atoms with Crippen LogP contribution in [0, 0.1) is 11.2 Å². The zero-order valence-electron chi connectivity index (χ0n) is 14.0. The van der Waals surface area contributed by atoms with Gasteiger partial charge in [-0.1, -0.05) is 45.0 Å². The lowest BCUT2D eigenvalue weighted by Gasteiger charge is -2.25. The number of halogens is 1. The van der Waals surface area contributed by atoms with E-state index >= 15 is 0 Å². The largest absolute Gasteiger partial charge is 0.508 e. The molecule has 2 aromatic rings. The molecule has 120 valence electrons. The van der Waals surface area contributed by atoms with Gasteiger partial charge in [0, 0.05) is 5.56 Å². The van der Waals surface area contributed by atoms with Crippen LogP contribution < -0.4 is 0 Å². The second-order valence-electron chi connectivity index (χ2n) is 6.94. The minimum Gasteiger partial charge on any atom is -0.508 e. The van der Waals surface area contributed by atoms with Crippen LogP contribution in [-0.4, -0.2) is 5.11 Å². The van der Waals surface area contributed by atoms with Crippen molar-refractivity contribution in [2.45, 2.75) is 40.0 Å². The predicted octanol–water partition coefficient (Wildman–Crippen LogP) is 5.96. The zero-order chi connectivity index (χ0) is 16.6. The fourth-order valence-corrected chi connectivity index (χ4v) is 3.45. The fraction of sp³-hybridized carbons (Fsp3) is 0.333. The quantitative estimate of drug-likeness (QED) is 0.741. The molecule has 0 amide bonds. The minimum absolute atomic E-state index is 0.0894. The van der Waals surface area contributed by atoms with Crippen molar-refractivity contribution in [3.05, 3.63) is 59.4 Å². The summed E-state index contributed by atoms with van der Waals surface area (Å²) in [4.78, 5) is 0. The summed E-state index contributed by atoms with van der Waals surface area (Å²) in [5.41, 5.74) is 5.03. The fourth-order valence-electron chi connectivity index (χ4n) is 3.45. The molecule has 1 N–H and O–H groups in total. The first-order valence-electron chi connectivity index (χ1n) is 8.25. The van der Waals surface area contributed by atoms with Crippen LogP contribution in [-0.2, 0) is 6.42 Å². The van der Waals surface area contributed by atoms with Crippen molar-refractivity contribution in [3.63, 3.8) is 0 Å². The van der Waals surface area contributed by atoms with Gasteiger partial charge >= 0.3 is 0 Å². The average molecular weight is 310 g/mol. The van der Waals surface area contributed by atoms with Crippen LogP contribution in [0.5, 0.6) is 5.75 Å². The molecule has 0 aromatic heterocycles. The van der Waals surface area contributed by atoms with Gasteiger partial charge in [0.1, 0.15) is 11.6 Å². The number of allylic oxidation sites excluding steroid dienone is 2. The highest BCUT2D eigenvalue weighted by atomic mass is 19.1. The third-order valence-corrected chi connectivity index (χ3v) is 4.87. The Morgan fingerprint density at radius 3 is 2.48 bits per heavy atom. The molecule has 0 spiro atoms. The molecule has 1 aliphatic rings. The first-order valence-corrected chi connectivity index (χ1v) is 8.25. The minimum atomic E-state index is -0.301. The molecule has 0 bridgehead atoms. The van der Waals surface area contributed by atoms with Crippen molar-refractivity contribution in [3.8, 4) is 16.9 Å². The third-order valence-electron chi connectivity index (χ3n) is 4.87. The Balaban J connectivity index is 2.24. The van der Waals surface area contributed by atoms with Gasteiger partial charge in [-0.15, -0.1) is 0 Å². The highest BCUT2D eigenvalue weighted by Gasteiger charge is 2.30. The Kier molecular flexibility index (Phi) is 4.01. The van der Waals surface area contributed by atoms with E-state index in [2.05, 4.69) is 32.9 Å². The molecular formula is C21H23FO. The van der Waals surface area contributed by atoms with E-state index in [1.807, 2.05) is 12.1 Å². The Labute approximate surface area is 137 Å². The summed E-state index contributed by atoms with van der Waals surface area (Å²) in [6, 6.07) is 10.4. The van der Waals surface area contributed by atoms with Gasteiger partial charge in [-0.2, -0.15) is 0 Å². The van der Waals surface area contributed by atoms with Gasteiger partial charge in [-0.3, -0.25) is 0 Å². The van der Waals surface area contributed by atoms with Crippen LogP contribution in [0.25, 0.3) is 16.7 Å². The first kappa shape index (κ1) is 15.8. The maximum Gasteiger partial charge on any atom is 0.131 e. The van der Waals surface area contributed by atoms with Crippen molar-refractivity contribution < 1.29 is 9.50 Å². The maximum absolute atomic E-state index is 14.4. The predicted molar refractivity (Wildman–Crippen MR) is 93.9 cm³/mol. The number of aromatic hydroxyl groups is 1. The summed E-state index contributed by atoms with van der Waals surface area (Å²) < 4.78 is 14.4. The first-order chi connectivity index (χ1) is 10.9. The van der Waals surface area contributed by atoms with Crippen molar-refractivity contribution in [2.75, 3.05) is 0 Å². The van der Waals surface area contributed by atoms with Crippen LogP contribution in [0.1, 0.15) is 44.7 Å². The van der Waals surface area contributed by atoms with Crippen molar-refractivity contribution >= 4 is 5.57 Å². The molecule has 23 heavy (non-hydrogen) atoms. The number of phenolic OH excluding ortho intramolecular Hbond substituents is 1. The molecule has 0 heterocycles. The molecule has 0 atom stereocenters.